The van der Waals surface area contributed by atoms with Gasteiger partial charge < -0.3 is 9.32 Å². The van der Waals surface area contributed by atoms with Crippen molar-refractivity contribution in [3.05, 3.63) is 57.7 Å². The standard InChI is InChI=1S/C14H13BrFNO2/c1-9-5-6-19-13(9)14(18)17(2)8-10-7-11(15)3-4-12(10)16/h3-7H,8H2,1-2H3. The fraction of sp³-hybridized carbons (Fsp3) is 0.214. The van der Waals surface area contributed by atoms with Crippen LogP contribution in [-0.4, -0.2) is 17.9 Å². The summed E-state index contributed by atoms with van der Waals surface area (Å²) in [7, 11) is 1.62. The third-order valence-corrected chi connectivity index (χ3v) is 3.31. The number of aryl methyl sites for hydroxylation is 1. The molecule has 0 fully saturated rings. The van der Waals surface area contributed by atoms with Gasteiger partial charge in [0.2, 0.25) is 0 Å². The average molecular weight is 326 g/mol. The second kappa shape index (κ2) is 5.57. The Kier molecular flexibility index (Phi) is 4.04. The van der Waals surface area contributed by atoms with Crippen LogP contribution >= 0.6 is 15.9 Å². The average Bonchev–Trinajstić information content (AvgIpc) is 2.79. The summed E-state index contributed by atoms with van der Waals surface area (Å²) in [5.74, 6) is -0.307. The van der Waals surface area contributed by atoms with E-state index in [-0.39, 0.29) is 24.0 Å². The van der Waals surface area contributed by atoms with Gasteiger partial charge in [-0.05, 0) is 31.2 Å². The zero-order valence-corrected chi connectivity index (χ0v) is 12.2. The molecule has 1 aromatic heterocycles. The summed E-state index contributed by atoms with van der Waals surface area (Å²) in [6.07, 6.45) is 1.47. The van der Waals surface area contributed by atoms with Crippen LogP contribution in [0.15, 0.2) is 39.4 Å². The van der Waals surface area contributed by atoms with E-state index in [0.717, 1.165) is 10.0 Å². The van der Waals surface area contributed by atoms with Gasteiger partial charge in [-0.15, -0.1) is 0 Å². The third-order valence-electron chi connectivity index (χ3n) is 2.82. The predicted octanol–water partition coefficient (Wildman–Crippen LogP) is 3.76. The first kappa shape index (κ1) is 13.8. The molecule has 0 spiro atoms. The van der Waals surface area contributed by atoms with Gasteiger partial charge in [0.1, 0.15) is 5.82 Å². The Labute approximate surface area is 119 Å². The molecule has 0 saturated carbocycles. The van der Waals surface area contributed by atoms with Crippen molar-refractivity contribution in [1.29, 1.82) is 0 Å². The van der Waals surface area contributed by atoms with Crippen LogP contribution in [0.1, 0.15) is 21.7 Å². The Morgan fingerprint density at radius 3 is 2.79 bits per heavy atom. The molecule has 0 saturated heterocycles. The van der Waals surface area contributed by atoms with E-state index in [1.54, 1.807) is 32.2 Å². The predicted molar refractivity (Wildman–Crippen MR) is 73.3 cm³/mol. The fourth-order valence-corrected chi connectivity index (χ4v) is 2.17. The van der Waals surface area contributed by atoms with E-state index >= 15 is 0 Å². The van der Waals surface area contributed by atoms with E-state index in [0.29, 0.717) is 5.56 Å². The van der Waals surface area contributed by atoms with Crippen molar-refractivity contribution in [3.63, 3.8) is 0 Å². The number of nitrogens with zero attached hydrogens (tertiary/aromatic N) is 1. The van der Waals surface area contributed by atoms with Crippen LogP contribution in [0.2, 0.25) is 0 Å². The highest BCUT2D eigenvalue weighted by Crippen LogP contribution is 2.18. The molecule has 0 aliphatic heterocycles. The van der Waals surface area contributed by atoms with Crippen molar-refractivity contribution >= 4 is 21.8 Å². The van der Waals surface area contributed by atoms with Crippen molar-refractivity contribution in [1.82, 2.24) is 4.90 Å². The lowest BCUT2D eigenvalue weighted by molar-refractivity contribution is 0.0751. The molecule has 0 N–H and O–H groups in total. The summed E-state index contributed by atoms with van der Waals surface area (Å²) in [5.41, 5.74) is 1.22. The quantitative estimate of drug-likeness (QED) is 0.860. The normalized spacial score (nSPS) is 10.5. The minimum Gasteiger partial charge on any atom is -0.459 e. The lowest BCUT2D eigenvalue weighted by Gasteiger charge is -2.17. The minimum atomic E-state index is -0.334. The molecule has 1 heterocycles. The molecule has 19 heavy (non-hydrogen) atoms. The second-order valence-electron chi connectivity index (χ2n) is 4.33. The maximum Gasteiger partial charge on any atom is 0.289 e. The molecule has 0 aliphatic carbocycles. The topological polar surface area (TPSA) is 33.5 Å². The van der Waals surface area contributed by atoms with Crippen LogP contribution in [0.3, 0.4) is 0 Å². The number of rotatable bonds is 3. The lowest BCUT2D eigenvalue weighted by atomic mass is 10.2. The van der Waals surface area contributed by atoms with Crippen molar-refractivity contribution in [2.45, 2.75) is 13.5 Å². The Bertz CT molecular complexity index is 609. The number of carbonyl (C=O) groups excluding carboxylic acids is 1. The Hall–Kier alpha value is -1.62. The summed E-state index contributed by atoms with van der Waals surface area (Å²) >= 11 is 3.28. The van der Waals surface area contributed by atoms with Crippen LogP contribution in [0.5, 0.6) is 0 Å². The number of hydrogen-bond acceptors (Lipinski definition) is 2. The molecule has 2 aromatic rings. The first-order valence-electron chi connectivity index (χ1n) is 5.72. The van der Waals surface area contributed by atoms with Crippen molar-refractivity contribution in [2.75, 3.05) is 7.05 Å². The number of amides is 1. The number of hydrogen-bond donors (Lipinski definition) is 0. The molecule has 1 aromatic carbocycles. The van der Waals surface area contributed by atoms with Crippen LogP contribution in [0, 0.1) is 12.7 Å². The molecule has 5 heteroatoms. The molecule has 0 unspecified atom stereocenters. The van der Waals surface area contributed by atoms with Gasteiger partial charge in [-0.1, -0.05) is 15.9 Å². The molecule has 0 aliphatic rings. The summed E-state index contributed by atoms with van der Waals surface area (Å²) in [6, 6.07) is 6.38. The zero-order chi connectivity index (χ0) is 14.0. The summed E-state index contributed by atoms with van der Waals surface area (Å²) in [6.45, 7) is 1.98. The molecule has 0 bridgehead atoms. The lowest BCUT2D eigenvalue weighted by Crippen LogP contribution is -2.26. The Morgan fingerprint density at radius 1 is 1.42 bits per heavy atom. The van der Waals surface area contributed by atoms with Crippen molar-refractivity contribution < 1.29 is 13.6 Å². The van der Waals surface area contributed by atoms with E-state index in [1.807, 2.05) is 0 Å². The maximum atomic E-state index is 13.6. The number of furan rings is 1. The molecular formula is C14H13BrFNO2. The van der Waals surface area contributed by atoms with E-state index in [1.165, 1.54) is 17.2 Å². The Balaban J connectivity index is 2.17. The minimum absolute atomic E-state index is 0.185. The van der Waals surface area contributed by atoms with Crippen LogP contribution < -0.4 is 0 Å². The van der Waals surface area contributed by atoms with E-state index < -0.39 is 0 Å². The molecule has 100 valence electrons. The maximum absolute atomic E-state index is 13.6. The zero-order valence-electron chi connectivity index (χ0n) is 10.6. The van der Waals surface area contributed by atoms with Gasteiger partial charge in [-0.25, -0.2) is 4.39 Å². The van der Waals surface area contributed by atoms with Crippen LogP contribution in [0.4, 0.5) is 4.39 Å². The fourth-order valence-electron chi connectivity index (χ4n) is 1.76. The first-order valence-corrected chi connectivity index (χ1v) is 6.52. The highest BCUT2D eigenvalue weighted by atomic mass is 79.9. The van der Waals surface area contributed by atoms with Crippen molar-refractivity contribution in [3.8, 4) is 0 Å². The van der Waals surface area contributed by atoms with Crippen LogP contribution in [0.25, 0.3) is 0 Å². The number of carbonyl (C=O) groups is 1. The van der Waals surface area contributed by atoms with Crippen LogP contribution in [-0.2, 0) is 6.54 Å². The molecule has 0 radical (unpaired) electrons. The molecule has 0 atom stereocenters. The molecule has 2 rings (SSSR count). The molecule has 1 amide bonds. The van der Waals surface area contributed by atoms with Gasteiger partial charge >= 0.3 is 0 Å². The highest BCUT2D eigenvalue weighted by molar-refractivity contribution is 9.10. The summed E-state index contributed by atoms with van der Waals surface area (Å²) in [5, 5.41) is 0. The van der Waals surface area contributed by atoms with Gasteiger partial charge in [0.05, 0.1) is 6.26 Å². The van der Waals surface area contributed by atoms with Gasteiger partial charge in [-0.2, -0.15) is 0 Å². The molecule has 3 nitrogen and oxygen atoms in total. The number of benzene rings is 1. The summed E-state index contributed by atoms with van der Waals surface area (Å²) in [4.78, 5) is 13.6. The highest BCUT2D eigenvalue weighted by Gasteiger charge is 2.18. The van der Waals surface area contributed by atoms with E-state index in [2.05, 4.69) is 15.9 Å². The summed E-state index contributed by atoms with van der Waals surface area (Å²) < 4.78 is 19.6. The molecular weight excluding hydrogens is 313 g/mol. The second-order valence-corrected chi connectivity index (χ2v) is 5.25. The third kappa shape index (κ3) is 3.04. The first-order chi connectivity index (χ1) is 8.99. The number of halogens is 2. The Morgan fingerprint density at radius 2 is 2.16 bits per heavy atom. The van der Waals surface area contributed by atoms with E-state index in [9.17, 15) is 9.18 Å². The monoisotopic (exact) mass is 325 g/mol. The largest absolute Gasteiger partial charge is 0.459 e. The smallest absolute Gasteiger partial charge is 0.289 e. The van der Waals surface area contributed by atoms with Gasteiger partial charge in [0, 0.05) is 29.2 Å². The van der Waals surface area contributed by atoms with Gasteiger partial charge in [-0.3, -0.25) is 4.79 Å². The van der Waals surface area contributed by atoms with E-state index in [4.69, 9.17) is 4.42 Å². The van der Waals surface area contributed by atoms with Crippen molar-refractivity contribution in [2.24, 2.45) is 0 Å². The SMILES string of the molecule is Cc1ccoc1C(=O)N(C)Cc1cc(Br)ccc1F. The van der Waals surface area contributed by atoms with Gasteiger partial charge in [0.15, 0.2) is 5.76 Å². The van der Waals surface area contributed by atoms with Gasteiger partial charge in [0.25, 0.3) is 5.91 Å².